The van der Waals surface area contributed by atoms with Crippen LogP contribution in [0.3, 0.4) is 0 Å². The summed E-state index contributed by atoms with van der Waals surface area (Å²) in [5.74, 6) is -0.364. The van der Waals surface area contributed by atoms with Crippen LogP contribution >= 0.6 is 11.6 Å². The van der Waals surface area contributed by atoms with Crippen molar-refractivity contribution in [3.8, 4) is 5.75 Å². The molecule has 0 unspecified atom stereocenters. The summed E-state index contributed by atoms with van der Waals surface area (Å²) in [6, 6.07) is 21.0. The Labute approximate surface area is 253 Å². The molecular weight excluding hydrogens is 574 g/mol. The van der Waals surface area contributed by atoms with E-state index in [0.717, 1.165) is 52.9 Å². The first-order chi connectivity index (χ1) is 20.1. The van der Waals surface area contributed by atoms with Gasteiger partial charge in [-0.2, -0.15) is 0 Å². The molecule has 0 bridgehead atoms. The Hall–Kier alpha value is -3.56. The lowest BCUT2D eigenvalue weighted by molar-refractivity contribution is -0.140. The van der Waals surface area contributed by atoms with E-state index in [1.165, 1.54) is 18.1 Å². The summed E-state index contributed by atoms with van der Waals surface area (Å²) in [4.78, 5) is 29.7. The SMILES string of the molecule is COc1ccc(N(CC(=O)N(Cc2ccccc2C)[C@H](Cc2ccccc2)C(=O)NC2CCCC2)S(C)(=O)=O)cc1Cl. The topological polar surface area (TPSA) is 96.0 Å². The first-order valence-corrected chi connectivity index (χ1v) is 16.3. The molecule has 1 fully saturated rings. The molecular formula is C32H38ClN3O5S. The Morgan fingerprint density at radius 3 is 2.31 bits per heavy atom. The molecule has 0 saturated heterocycles. The summed E-state index contributed by atoms with van der Waals surface area (Å²) in [5, 5.41) is 3.39. The molecule has 3 aromatic carbocycles. The summed E-state index contributed by atoms with van der Waals surface area (Å²) < 4.78 is 32.2. The minimum atomic E-state index is -3.90. The second kappa shape index (κ2) is 14.1. The zero-order valence-corrected chi connectivity index (χ0v) is 25.8. The van der Waals surface area contributed by atoms with Gasteiger partial charge in [0.05, 0.1) is 24.1 Å². The number of benzene rings is 3. The highest BCUT2D eigenvalue weighted by molar-refractivity contribution is 7.92. The van der Waals surface area contributed by atoms with Crippen molar-refractivity contribution in [1.29, 1.82) is 0 Å². The molecule has 3 aromatic rings. The second-order valence-corrected chi connectivity index (χ2v) is 13.0. The number of amides is 2. The van der Waals surface area contributed by atoms with Crippen molar-refractivity contribution in [2.24, 2.45) is 0 Å². The maximum atomic E-state index is 14.3. The molecule has 10 heteroatoms. The van der Waals surface area contributed by atoms with E-state index < -0.39 is 28.5 Å². The smallest absolute Gasteiger partial charge is 0.244 e. The van der Waals surface area contributed by atoms with Crippen LogP contribution in [0, 0.1) is 6.92 Å². The van der Waals surface area contributed by atoms with Gasteiger partial charge in [-0.3, -0.25) is 13.9 Å². The molecule has 0 aromatic heterocycles. The van der Waals surface area contributed by atoms with Crippen LogP contribution in [0.5, 0.6) is 5.75 Å². The molecule has 2 amide bonds. The van der Waals surface area contributed by atoms with Gasteiger partial charge in [-0.15, -0.1) is 0 Å². The molecule has 8 nitrogen and oxygen atoms in total. The number of carbonyl (C=O) groups excluding carboxylic acids is 2. The zero-order valence-electron chi connectivity index (χ0n) is 24.3. The van der Waals surface area contributed by atoms with Crippen molar-refractivity contribution in [3.05, 3.63) is 94.5 Å². The quantitative estimate of drug-likeness (QED) is 0.307. The molecule has 0 aliphatic heterocycles. The van der Waals surface area contributed by atoms with Gasteiger partial charge in [-0.1, -0.05) is 79.0 Å². The number of hydrogen-bond donors (Lipinski definition) is 1. The fourth-order valence-corrected chi connectivity index (χ4v) is 6.41. The summed E-state index contributed by atoms with van der Waals surface area (Å²) in [6.45, 7) is 1.59. The molecule has 1 aliphatic carbocycles. The average Bonchev–Trinajstić information content (AvgIpc) is 3.47. The standard InChI is InChI=1S/C32H38ClN3O5S/c1-23-11-7-8-14-25(23)21-35(29(19-24-12-5-4-6-13-24)32(38)34-26-15-9-10-16-26)31(37)22-36(42(3,39)40)27-17-18-30(41-2)28(33)20-27/h4-8,11-14,17-18,20,26,29H,9-10,15-16,19,21-22H2,1-3H3,(H,34,38)/t29-/m1/s1. The van der Waals surface area contributed by atoms with Gasteiger partial charge in [0.15, 0.2) is 0 Å². The van der Waals surface area contributed by atoms with E-state index in [-0.39, 0.29) is 35.6 Å². The maximum Gasteiger partial charge on any atom is 0.244 e. The number of aryl methyl sites for hydroxylation is 1. The second-order valence-electron chi connectivity index (χ2n) is 10.7. The third-order valence-electron chi connectivity index (χ3n) is 7.68. The van der Waals surface area contributed by atoms with Gasteiger partial charge in [-0.05, 0) is 54.7 Å². The molecule has 224 valence electrons. The Kier molecular flexibility index (Phi) is 10.5. The minimum Gasteiger partial charge on any atom is -0.495 e. The minimum absolute atomic E-state index is 0.0557. The van der Waals surface area contributed by atoms with Crippen LogP contribution < -0.4 is 14.4 Å². The number of ether oxygens (including phenoxy) is 1. The van der Waals surface area contributed by atoms with Crippen LogP contribution in [0.15, 0.2) is 72.8 Å². The Bertz CT molecular complexity index is 1490. The molecule has 1 aliphatic rings. The van der Waals surface area contributed by atoms with Crippen LogP contribution in [0.1, 0.15) is 42.4 Å². The van der Waals surface area contributed by atoms with E-state index in [4.69, 9.17) is 16.3 Å². The summed E-state index contributed by atoms with van der Waals surface area (Å²) >= 11 is 6.32. The number of anilines is 1. The molecule has 0 heterocycles. The lowest BCUT2D eigenvalue weighted by Crippen LogP contribution is -2.54. The van der Waals surface area contributed by atoms with Crippen LogP contribution in [-0.4, -0.2) is 57.1 Å². The van der Waals surface area contributed by atoms with Gasteiger partial charge in [0.2, 0.25) is 21.8 Å². The molecule has 1 atom stereocenters. The van der Waals surface area contributed by atoms with Gasteiger partial charge >= 0.3 is 0 Å². The van der Waals surface area contributed by atoms with Gasteiger partial charge in [0.25, 0.3) is 0 Å². The fourth-order valence-electron chi connectivity index (χ4n) is 5.32. The molecule has 1 saturated carbocycles. The lowest BCUT2D eigenvalue weighted by atomic mass is 10.0. The number of halogens is 1. The van der Waals surface area contributed by atoms with E-state index in [2.05, 4.69) is 5.32 Å². The maximum absolute atomic E-state index is 14.3. The van der Waals surface area contributed by atoms with E-state index in [0.29, 0.717) is 5.75 Å². The highest BCUT2D eigenvalue weighted by Crippen LogP contribution is 2.30. The first kappa shape index (κ1) is 31.4. The third-order valence-corrected chi connectivity index (χ3v) is 9.11. The third kappa shape index (κ3) is 8.04. The van der Waals surface area contributed by atoms with Crippen molar-refractivity contribution in [1.82, 2.24) is 10.2 Å². The van der Waals surface area contributed by atoms with Crippen molar-refractivity contribution < 1.29 is 22.7 Å². The predicted octanol–water partition coefficient (Wildman–Crippen LogP) is 5.12. The van der Waals surface area contributed by atoms with Crippen LogP contribution in [0.25, 0.3) is 0 Å². The van der Waals surface area contributed by atoms with Crippen molar-refractivity contribution in [3.63, 3.8) is 0 Å². The normalized spacial score (nSPS) is 14.3. The Balaban J connectivity index is 1.74. The average molecular weight is 612 g/mol. The van der Waals surface area contributed by atoms with E-state index in [1.54, 1.807) is 12.1 Å². The molecule has 4 rings (SSSR count). The Morgan fingerprint density at radius 1 is 1.02 bits per heavy atom. The monoisotopic (exact) mass is 611 g/mol. The first-order valence-electron chi connectivity index (χ1n) is 14.1. The lowest BCUT2D eigenvalue weighted by Gasteiger charge is -2.34. The number of rotatable bonds is 12. The summed E-state index contributed by atoms with van der Waals surface area (Å²) in [7, 11) is -2.44. The van der Waals surface area contributed by atoms with Crippen molar-refractivity contribution in [2.75, 3.05) is 24.2 Å². The fraction of sp³-hybridized carbons (Fsp3) is 0.375. The van der Waals surface area contributed by atoms with Crippen LogP contribution in [0.2, 0.25) is 5.02 Å². The molecule has 1 N–H and O–H groups in total. The Morgan fingerprint density at radius 2 is 1.69 bits per heavy atom. The number of sulfonamides is 1. The van der Waals surface area contributed by atoms with Crippen molar-refractivity contribution >= 4 is 39.1 Å². The van der Waals surface area contributed by atoms with E-state index in [9.17, 15) is 18.0 Å². The number of hydrogen-bond acceptors (Lipinski definition) is 5. The van der Waals surface area contributed by atoms with Gasteiger partial charge in [0.1, 0.15) is 18.3 Å². The van der Waals surface area contributed by atoms with Gasteiger partial charge in [-0.25, -0.2) is 8.42 Å². The summed E-state index contributed by atoms with van der Waals surface area (Å²) in [5.41, 5.74) is 2.96. The van der Waals surface area contributed by atoms with Gasteiger partial charge in [0, 0.05) is 19.0 Å². The van der Waals surface area contributed by atoms with Crippen LogP contribution in [-0.2, 0) is 32.6 Å². The largest absolute Gasteiger partial charge is 0.495 e. The number of carbonyl (C=O) groups is 2. The highest BCUT2D eigenvalue weighted by Gasteiger charge is 2.34. The van der Waals surface area contributed by atoms with Crippen molar-refractivity contribution in [2.45, 2.75) is 57.7 Å². The molecule has 0 spiro atoms. The van der Waals surface area contributed by atoms with Gasteiger partial charge < -0.3 is 15.0 Å². The van der Waals surface area contributed by atoms with E-state index >= 15 is 0 Å². The zero-order chi connectivity index (χ0) is 30.3. The highest BCUT2D eigenvalue weighted by atomic mass is 35.5. The molecule has 42 heavy (non-hydrogen) atoms. The number of nitrogens with one attached hydrogen (secondary N) is 1. The van der Waals surface area contributed by atoms with E-state index in [1.807, 2.05) is 61.5 Å². The number of methoxy groups -OCH3 is 1. The predicted molar refractivity (Wildman–Crippen MR) is 166 cm³/mol. The summed E-state index contributed by atoms with van der Waals surface area (Å²) in [6.07, 6.45) is 5.22. The molecule has 0 radical (unpaired) electrons. The van der Waals surface area contributed by atoms with Crippen LogP contribution in [0.4, 0.5) is 5.69 Å². The number of nitrogens with zero attached hydrogens (tertiary/aromatic N) is 2.